The fourth-order valence-corrected chi connectivity index (χ4v) is 2.29. The first-order chi connectivity index (χ1) is 7.83. The monoisotopic (exact) mass is 281 g/mol. The second kappa shape index (κ2) is 4.03. The van der Waals surface area contributed by atoms with Crippen LogP contribution in [0.2, 0.25) is 0 Å². The van der Waals surface area contributed by atoms with Gasteiger partial charge in [0.2, 0.25) is 0 Å². The van der Waals surface area contributed by atoms with Gasteiger partial charge in [-0.2, -0.15) is 5.10 Å². The highest BCUT2D eigenvalue weighted by Gasteiger charge is 2.12. The molecule has 5 nitrogen and oxygen atoms in total. The highest BCUT2D eigenvalue weighted by Crippen LogP contribution is 2.15. The van der Waals surface area contributed by atoms with Crippen LogP contribution in [0.5, 0.6) is 0 Å². The van der Waals surface area contributed by atoms with E-state index in [4.69, 9.17) is 0 Å². The summed E-state index contributed by atoms with van der Waals surface area (Å²) in [5.74, 6) is 1.03. The quantitative estimate of drug-likeness (QED) is 0.844. The molecule has 6 heteroatoms. The molecule has 0 aromatic carbocycles. The Kier molecular flexibility index (Phi) is 2.53. The molecule has 0 spiro atoms. The molecule has 1 N–H and O–H groups in total. The second-order valence-corrected chi connectivity index (χ2v) is 4.61. The van der Waals surface area contributed by atoms with Crippen LogP contribution < -0.4 is 10.2 Å². The van der Waals surface area contributed by atoms with Crippen molar-refractivity contribution in [1.82, 2.24) is 19.9 Å². The van der Waals surface area contributed by atoms with Crippen LogP contribution in [0, 0.1) is 0 Å². The standard InChI is InChI=1S/C10H12BrN5/c11-8-7-10-13-9(1-4-16(10)14-8)15-5-2-12-3-6-15/h1,4,7,12H,2-3,5-6H2. The maximum Gasteiger partial charge on any atom is 0.158 e. The Bertz CT molecular complexity index is 503. The van der Waals surface area contributed by atoms with Gasteiger partial charge in [-0.25, -0.2) is 9.50 Å². The third-order valence-electron chi connectivity index (χ3n) is 2.72. The van der Waals surface area contributed by atoms with E-state index in [-0.39, 0.29) is 0 Å². The van der Waals surface area contributed by atoms with E-state index >= 15 is 0 Å². The van der Waals surface area contributed by atoms with E-state index in [0.29, 0.717) is 0 Å². The van der Waals surface area contributed by atoms with Gasteiger partial charge >= 0.3 is 0 Å². The maximum absolute atomic E-state index is 4.59. The van der Waals surface area contributed by atoms with Crippen LogP contribution >= 0.6 is 15.9 Å². The molecule has 0 bridgehead atoms. The molecule has 0 radical (unpaired) electrons. The molecule has 0 aliphatic carbocycles. The Labute approximate surface area is 102 Å². The zero-order valence-electron chi connectivity index (χ0n) is 8.73. The lowest BCUT2D eigenvalue weighted by Gasteiger charge is -2.28. The number of anilines is 1. The number of piperazine rings is 1. The van der Waals surface area contributed by atoms with Crippen LogP contribution in [0.4, 0.5) is 5.82 Å². The average Bonchev–Trinajstić information content (AvgIpc) is 2.69. The van der Waals surface area contributed by atoms with E-state index in [1.54, 1.807) is 4.52 Å². The van der Waals surface area contributed by atoms with Gasteiger partial charge in [-0.3, -0.25) is 0 Å². The maximum atomic E-state index is 4.59. The molecule has 1 fully saturated rings. The van der Waals surface area contributed by atoms with Gasteiger partial charge in [0.25, 0.3) is 0 Å². The molecule has 1 saturated heterocycles. The molecular formula is C10H12BrN5. The van der Waals surface area contributed by atoms with Crippen molar-refractivity contribution in [3.63, 3.8) is 0 Å². The topological polar surface area (TPSA) is 45.5 Å². The highest BCUT2D eigenvalue weighted by atomic mass is 79.9. The van der Waals surface area contributed by atoms with Crippen molar-refractivity contribution < 1.29 is 0 Å². The Morgan fingerprint density at radius 2 is 2.12 bits per heavy atom. The van der Waals surface area contributed by atoms with Crippen LogP contribution in [0.1, 0.15) is 0 Å². The van der Waals surface area contributed by atoms with Gasteiger partial charge < -0.3 is 10.2 Å². The molecular weight excluding hydrogens is 270 g/mol. The van der Waals surface area contributed by atoms with Crippen molar-refractivity contribution >= 4 is 27.4 Å². The predicted octanol–water partition coefficient (Wildman–Crippen LogP) is 0.901. The normalized spacial score (nSPS) is 16.9. The van der Waals surface area contributed by atoms with Crippen molar-refractivity contribution in [2.24, 2.45) is 0 Å². The minimum Gasteiger partial charge on any atom is -0.354 e. The number of aromatic nitrogens is 3. The van der Waals surface area contributed by atoms with Crippen LogP contribution in [0.3, 0.4) is 0 Å². The van der Waals surface area contributed by atoms with Crippen LogP contribution in [-0.2, 0) is 0 Å². The van der Waals surface area contributed by atoms with Crippen LogP contribution in [0.25, 0.3) is 5.65 Å². The third kappa shape index (κ3) is 1.78. The molecule has 2 aromatic heterocycles. The van der Waals surface area contributed by atoms with E-state index in [1.807, 2.05) is 18.3 Å². The smallest absolute Gasteiger partial charge is 0.158 e. The van der Waals surface area contributed by atoms with Gasteiger partial charge in [0, 0.05) is 38.4 Å². The first kappa shape index (κ1) is 10.0. The molecule has 0 saturated carbocycles. The Balaban J connectivity index is 1.97. The molecule has 16 heavy (non-hydrogen) atoms. The van der Waals surface area contributed by atoms with E-state index in [0.717, 1.165) is 42.2 Å². The third-order valence-corrected chi connectivity index (χ3v) is 3.11. The van der Waals surface area contributed by atoms with Gasteiger partial charge in [0.1, 0.15) is 10.4 Å². The lowest BCUT2D eigenvalue weighted by Crippen LogP contribution is -2.43. The molecule has 1 aliphatic heterocycles. The number of hydrogen-bond acceptors (Lipinski definition) is 4. The summed E-state index contributed by atoms with van der Waals surface area (Å²) in [7, 11) is 0. The SMILES string of the molecule is Brc1cc2nc(N3CCNCC3)ccn2n1. The highest BCUT2D eigenvalue weighted by molar-refractivity contribution is 9.10. The summed E-state index contributed by atoms with van der Waals surface area (Å²) < 4.78 is 2.59. The molecule has 2 aromatic rings. The Morgan fingerprint density at radius 3 is 2.94 bits per heavy atom. The van der Waals surface area contributed by atoms with Crippen molar-refractivity contribution in [1.29, 1.82) is 0 Å². The van der Waals surface area contributed by atoms with Crippen LogP contribution in [-0.4, -0.2) is 40.8 Å². The molecule has 0 unspecified atom stereocenters. The molecule has 1 aliphatic rings. The lowest BCUT2D eigenvalue weighted by atomic mass is 10.3. The zero-order valence-corrected chi connectivity index (χ0v) is 10.3. The average molecular weight is 282 g/mol. The fraction of sp³-hybridized carbons (Fsp3) is 0.400. The Morgan fingerprint density at radius 1 is 1.31 bits per heavy atom. The predicted molar refractivity (Wildman–Crippen MR) is 65.8 cm³/mol. The number of rotatable bonds is 1. The van der Waals surface area contributed by atoms with Crippen molar-refractivity contribution in [2.75, 3.05) is 31.1 Å². The van der Waals surface area contributed by atoms with E-state index in [2.05, 4.69) is 36.2 Å². The van der Waals surface area contributed by atoms with Crippen molar-refractivity contribution in [2.45, 2.75) is 0 Å². The van der Waals surface area contributed by atoms with Crippen molar-refractivity contribution in [3.8, 4) is 0 Å². The minimum atomic E-state index is 0.817. The summed E-state index contributed by atoms with van der Waals surface area (Å²) >= 11 is 3.35. The van der Waals surface area contributed by atoms with Crippen molar-refractivity contribution in [3.05, 3.63) is 22.9 Å². The summed E-state index contributed by atoms with van der Waals surface area (Å²) in [5.41, 5.74) is 0.878. The number of hydrogen-bond donors (Lipinski definition) is 1. The zero-order chi connectivity index (χ0) is 11.0. The largest absolute Gasteiger partial charge is 0.354 e. The lowest BCUT2D eigenvalue weighted by molar-refractivity contribution is 0.585. The Hall–Kier alpha value is -1.14. The minimum absolute atomic E-state index is 0.817. The van der Waals surface area contributed by atoms with E-state index in [1.165, 1.54) is 0 Å². The van der Waals surface area contributed by atoms with Gasteiger partial charge in [0.05, 0.1) is 0 Å². The van der Waals surface area contributed by atoms with Gasteiger partial charge in [-0.1, -0.05) is 0 Å². The van der Waals surface area contributed by atoms with Gasteiger partial charge in [-0.15, -0.1) is 0 Å². The summed E-state index contributed by atoms with van der Waals surface area (Å²) in [5, 5.41) is 7.57. The summed E-state index contributed by atoms with van der Waals surface area (Å²) in [6, 6.07) is 3.93. The first-order valence-electron chi connectivity index (χ1n) is 5.30. The number of fused-ring (bicyclic) bond motifs is 1. The van der Waals surface area contributed by atoms with E-state index in [9.17, 15) is 0 Å². The van der Waals surface area contributed by atoms with Crippen LogP contribution in [0.15, 0.2) is 22.9 Å². The molecule has 3 rings (SSSR count). The molecule has 84 valence electrons. The summed E-state index contributed by atoms with van der Waals surface area (Å²) in [6.45, 7) is 4.07. The second-order valence-electron chi connectivity index (χ2n) is 3.79. The summed E-state index contributed by atoms with van der Waals surface area (Å²) in [6.07, 6.45) is 1.95. The summed E-state index contributed by atoms with van der Waals surface area (Å²) in [4.78, 5) is 6.88. The first-order valence-corrected chi connectivity index (χ1v) is 6.10. The molecule has 3 heterocycles. The molecule has 0 atom stereocenters. The number of halogens is 1. The fourth-order valence-electron chi connectivity index (χ4n) is 1.91. The molecule has 0 amide bonds. The number of nitrogens with zero attached hydrogens (tertiary/aromatic N) is 4. The number of nitrogens with one attached hydrogen (secondary N) is 1. The van der Waals surface area contributed by atoms with Gasteiger partial charge in [0.15, 0.2) is 5.65 Å². The van der Waals surface area contributed by atoms with E-state index < -0.39 is 0 Å². The van der Waals surface area contributed by atoms with Gasteiger partial charge in [-0.05, 0) is 22.0 Å².